The minimum atomic E-state index is -0.761. The van der Waals surface area contributed by atoms with Gasteiger partial charge in [0.1, 0.15) is 10.9 Å². The van der Waals surface area contributed by atoms with Crippen molar-refractivity contribution >= 4 is 33.4 Å². The number of methoxy groups -OCH3 is 1. The molecule has 7 nitrogen and oxygen atoms in total. The number of esters is 1. The zero-order valence-electron chi connectivity index (χ0n) is 11.1. The maximum atomic E-state index is 12.1. The fourth-order valence-corrected chi connectivity index (χ4v) is 2.85. The van der Waals surface area contributed by atoms with Gasteiger partial charge >= 0.3 is 5.97 Å². The third-order valence-electron chi connectivity index (χ3n) is 2.84. The van der Waals surface area contributed by atoms with Gasteiger partial charge in [-0.3, -0.25) is 9.59 Å². The van der Waals surface area contributed by atoms with E-state index < -0.39 is 17.9 Å². The van der Waals surface area contributed by atoms with Gasteiger partial charge < -0.3 is 15.0 Å². The van der Waals surface area contributed by atoms with Crippen LogP contribution in [0, 0.1) is 6.92 Å². The lowest BCUT2D eigenvalue weighted by atomic mass is 10.2. The molecule has 0 saturated heterocycles. The quantitative estimate of drug-likeness (QED) is 0.807. The highest BCUT2D eigenvalue weighted by Crippen LogP contribution is 2.26. The molecular formula is C12H13N3O4S. The molecule has 0 fully saturated rings. The number of aryl methyl sites for hydroxylation is 1. The van der Waals surface area contributed by atoms with Crippen LogP contribution in [0.15, 0.2) is 11.1 Å². The first-order valence-corrected chi connectivity index (χ1v) is 6.62. The van der Waals surface area contributed by atoms with E-state index in [0.717, 1.165) is 11.3 Å². The number of hydrogen-bond acceptors (Lipinski definition) is 6. The summed E-state index contributed by atoms with van der Waals surface area (Å²) >= 11 is 1.11. The van der Waals surface area contributed by atoms with Crippen molar-refractivity contribution in [2.45, 2.75) is 19.9 Å². The number of aromatic nitrogens is 2. The summed E-state index contributed by atoms with van der Waals surface area (Å²) in [6.07, 6.45) is 1.29. The predicted molar refractivity (Wildman–Crippen MR) is 73.9 cm³/mol. The third kappa shape index (κ3) is 2.42. The van der Waals surface area contributed by atoms with Crippen molar-refractivity contribution in [3.63, 3.8) is 0 Å². The Bertz CT molecular complexity index is 734. The summed E-state index contributed by atoms with van der Waals surface area (Å²) in [6, 6.07) is -0.761. The number of nitrogens with zero attached hydrogens (tertiary/aromatic N) is 1. The molecule has 1 amide bonds. The number of fused-ring (bicyclic) bond motifs is 1. The van der Waals surface area contributed by atoms with E-state index in [2.05, 4.69) is 20.0 Å². The van der Waals surface area contributed by atoms with Crippen molar-refractivity contribution in [3.8, 4) is 0 Å². The van der Waals surface area contributed by atoms with Crippen LogP contribution in [0.25, 0.3) is 10.2 Å². The Morgan fingerprint density at radius 3 is 2.80 bits per heavy atom. The number of aromatic amines is 1. The average molecular weight is 295 g/mol. The molecule has 0 saturated carbocycles. The minimum absolute atomic E-state index is 0.288. The van der Waals surface area contributed by atoms with Crippen LogP contribution in [0.5, 0.6) is 0 Å². The summed E-state index contributed by atoms with van der Waals surface area (Å²) in [6.45, 7) is 3.20. The lowest BCUT2D eigenvalue weighted by molar-refractivity contribution is -0.142. The van der Waals surface area contributed by atoms with Crippen LogP contribution in [-0.2, 0) is 9.53 Å². The summed E-state index contributed by atoms with van der Waals surface area (Å²) in [7, 11) is 1.25. The van der Waals surface area contributed by atoms with E-state index in [4.69, 9.17) is 0 Å². The van der Waals surface area contributed by atoms with Crippen molar-refractivity contribution in [1.82, 2.24) is 15.3 Å². The molecular weight excluding hydrogens is 282 g/mol. The maximum absolute atomic E-state index is 12.1. The van der Waals surface area contributed by atoms with Crippen molar-refractivity contribution in [1.29, 1.82) is 0 Å². The molecule has 0 aliphatic rings. The Morgan fingerprint density at radius 1 is 1.50 bits per heavy atom. The van der Waals surface area contributed by atoms with Gasteiger partial charge in [0.05, 0.1) is 23.7 Å². The Balaban J connectivity index is 2.36. The first-order chi connectivity index (χ1) is 9.45. The van der Waals surface area contributed by atoms with E-state index >= 15 is 0 Å². The zero-order valence-corrected chi connectivity index (χ0v) is 12.0. The molecule has 2 heterocycles. The van der Waals surface area contributed by atoms with Gasteiger partial charge in [-0.15, -0.1) is 11.3 Å². The lowest BCUT2D eigenvalue weighted by Crippen LogP contribution is -2.39. The molecule has 0 aliphatic heterocycles. The highest BCUT2D eigenvalue weighted by atomic mass is 32.1. The second-order valence-electron chi connectivity index (χ2n) is 4.19. The van der Waals surface area contributed by atoms with Gasteiger partial charge in [0.25, 0.3) is 11.5 Å². The van der Waals surface area contributed by atoms with Crippen LogP contribution in [0.2, 0.25) is 0 Å². The summed E-state index contributed by atoms with van der Waals surface area (Å²) in [5.74, 6) is -0.962. The third-order valence-corrected chi connectivity index (χ3v) is 4.04. The second kappa shape index (κ2) is 5.41. The number of thiophene rings is 1. The molecule has 8 heteroatoms. The van der Waals surface area contributed by atoms with E-state index in [1.165, 1.54) is 20.4 Å². The number of hydrogen-bond donors (Lipinski definition) is 2. The largest absolute Gasteiger partial charge is 0.467 e. The summed E-state index contributed by atoms with van der Waals surface area (Å²) in [4.78, 5) is 42.5. The van der Waals surface area contributed by atoms with Gasteiger partial charge in [-0.05, 0) is 19.4 Å². The normalized spacial score (nSPS) is 12.2. The molecule has 2 aromatic heterocycles. The van der Waals surface area contributed by atoms with E-state index in [9.17, 15) is 14.4 Å². The lowest BCUT2D eigenvalue weighted by Gasteiger charge is -2.10. The van der Waals surface area contributed by atoms with Crippen molar-refractivity contribution in [3.05, 3.63) is 27.1 Å². The minimum Gasteiger partial charge on any atom is -0.467 e. The molecule has 2 aromatic rings. The van der Waals surface area contributed by atoms with E-state index in [-0.39, 0.29) is 5.56 Å². The molecule has 1 unspecified atom stereocenters. The fourth-order valence-electron chi connectivity index (χ4n) is 1.79. The SMILES string of the molecule is COC(=O)C(C)NC(=O)c1sc2nc[nH]c(=O)c2c1C. The van der Waals surface area contributed by atoms with Crippen LogP contribution in [0.4, 0.5) is 0 Å². The molecule has 2 rings (SSSR count). The smallest absolute Gasteiger partial charge is 0.328 e. The highest BCUT2D eigenvalue weighted by Gasteiger charge is 2.22. The van der Waals surface area contributed by atoms with E-state index in [1.807, 2.05) is 0 Å². The van der Waals surface area contributed by atoms with Gasteiger partial charge in [0.2, 0.25) is 0 Å². The molecule has 1 atom stereocenters. The number of H-pyrrole nitrogens is 1. The molecule has 0 aromatic carbocycles. The van der Waals surface area contributed by atoms with Crippen molar-refractivity contribution in [2.75, 3.05) is 7.11 Å². The molecule has 0 spiro atoms. The van der Waals surface area contributed by atoms with Gasteiger partial charge in [-0.2, -0.15) is 0 Å². The monoisotopic (exact) mass is 295 g/mol. The molecule has 0 bridgehead atoms. The Labute approximate surface area is 118 Å². The van der Waals surface area contributed by atoms with Gasteiger partial charge in [0, 0.05) is 0 Å². The molecule has 2 N–H and O–H groups in total. The number of rotatable bonds is 3. The van der Waals surface area contributed by atoms with E-state index in [1.54, 1.807) is 6.92 Å². The Hall–Kier alpha value is -2.22. The maximum Gasteiger partial charge on any atom is 0.328 e. The average Bonchev–Trinajstić information content (AvgIpc) is 2.76. The highest BCUT2D eigenvalue weighted by molar-refractivity contribution is 7.20. The summed E-state index contributed by atoms with van der Waals surface area (Å²) < 4.78 is 4.54. The van der Waals surface area contributed by atoms with Crippen LogP contribution in [-0.4, -0.2) is 35.0 Å². The first kappa shape index (κ1) is 14.2. The van der Waals surface area contributed by atoms with Crippen molar-refractivity contribution in [2.24, 2.45) is 0 Å². The van der Waals surface area contributed by atoms with Gasteiger partial charge in [0.15, 0.2) is 0 Å². The standard InChI is InChI=1S/C12H13N3O4S/c1-5-7-9(16)13-4-14-11(7)20-8(5)10(17)15-6(2)12(18)19-3/h4,6H,1-3H3,(H,15,17)(H,13,14,16). The van der Waals surface area contributed by atoms with E-state index in [0.29, 0.717) is 20.7 Å². The molecule has 20 heavy (non-hydrogen) atoms. The fraction of sp³-hybridized carbons (Fsp3) is 0.333. The van der Waals surface area contributed by atoms with Crippen LogP contribution < -0.4 is 10.9 Å². The topological polar surface area (TPSA) is 101 Å². The first-order valence-electron chi connectivity index (χ1n) is 5.81. The number of carbonyl (C=O) groups excluding carboxylic acids is 2. The molecule has 106 valence electrons. The zero-order chi connectivity index (χ0) is 14.9. The van der Waals surface area contributed by atoms with Crippen molar-refractivity contribution < 1.29 is 14.3 Å². The van der Waals surface area contributed by atoms with Crippen LogP contribution in [0.3, 0.4) is 0 Å². The van der Waals surface area contributed by atoms with Crippen LogP contribution in [0.1, 0.15) is 22.2 Å². The second-order valence-corrected chi connectivity index (χ2v) is 5.19. The number of ether oxygens (including phenoxy) is 1. The van der Waals surface area contributed by atoms with Crippen LogP contribution >= 0.6 is 11.3 Å². The Kier molecular flexibility index (Phi) is 3.84. The number of nitrogens with one attached hydrogen (secondary N) is 2. The van der Waals surface area contributed by atoms with Gasteiger partial charge in [-0.1, -0.05) is 0 Å². The Morgan fingerprint density at radius 2 is 2.20 bits per heavy atom. The molecule has 0 aliphatic carbocycles. The predicted octanol–water partition coefficient (Wildman–Crippen LogP) is 0.584. The summed E-state index contributed by atoms with van der Waals surface area (Å²) in [5.41, 5.74) is 0.262. The van der Waals surface area contributed by atoms with Gasteiger partial charge in [-0.25, -0.2) is 9.78 Å². The summed E-state index contributed by atoms with van der Waals surface area (Å²) in [5, 5.41) is 2.92. The number of amides is 1. The number of carbonyl (C=O) groups is 2. The molecule has 0 radical (unpaired) electrons.